The predicted octanol–water partition coefficient (Wildman–Crippen LogP) is 1.81. The Hall–Kier alpha value is -1.44. The van der Waals surface area contributed by atoms with Gasteiger partial charge in [0.05, 0.1) is 4.90 Å². The van der Waals surface area contributed by atoms with Gasteiger partial charge in [0.15, 0.2) is 0 Å². The van der Waals surface area contributed by atoms with Crippen LogP contribution in [0.25, 0.3) is 0 Å². The van der Waals surface area contributed by atoms with Gasteiger partial charge in [-0.25, -0.2) is 8.42 Å². The summed E-state index contributed by atoms with van der Waals surface area (Å²) >= 11 is 0. The molecule has 0 saturated carbocycles. The molecule has 1 aromatic carbocycles. The fraction of sp³-hybridized carbons (Fsp3) is 0.650. The molecule has 2 saturated heterocycles. The number of nitrogens with zero attached hydrogens (tertiary/aromatic N) is 3. The van der Waals surface area contributed by atoms with Crippen molar-refractivity contribution in [2.75, 3.05) is 45.8 Å². The number of benzene rings is 1. The minimum absolute atomic E-state index is 0.0490. The van der Waals surface area contributed by atoms with Crippen molar-refractivity contribution in [3.63, 3.8) is 0 Å². The lowest BCUT2D eigenvalue weighted by atomic mass is 9.96. The molecule has 0 atom stereocenters. The molecule has 0 bridgehead atoms. The summed E-state index contributed by atoms with van der Waals surface area (Å²) in [6.45, 7) is 9.50. The average Bonchev–Trinajstić information content (AvgIpc) is 2.73. The van der Waals surface area contributed by atoms with E-state index in [0.717, 1.165) is 44.7 Å². The lowest BCUT2D eigenvalue weighted by molar-refractivity contribution is -0.138. The Morgan fingerprint density at radius 3 is 2.07 bits per heavy atom. The van der Waals surface area contributed by atoms with Gasteiger partial charge >= 0.3 is 0 Å². The summed E-state index contributed by atoms with van der Waals surface area (Å²) < 4.78 is 27.3. The Bertz CT molecular complexity index is 732. The third kappa shape index (κ3) is 4.52. The van der Waals surface area contributed by atoms with E-state index in [0.29, 0.717) is 30.8 Å². The molecule has 2 fully saturated rings. The van der Waals surface area contributed by atoms with Crippen molar-refractivity contribution >= 4 is 15.9 Å². The van der Waals surface area contributed by atoms with E-state index in [1.807, 2.05) is 24.0 Å². The molecule has 6 nitrogen and oxygen atoms in total. The monoisotopic (exact) mass is 393 g/mol. The second-order valence-electron chi connectivity index (χ2n) is 7.44. The maximum Gasteiger partial charge on any atom is 0.243 e. The summed E-state index contributed by atoms with van der Waals surface area (Å²) in [5.41, 5.74) is 1.13. The van der Waals surface area contributed by atoms with Crippen LogP contribution in [0.5, 0.6) is 0 Å². The zero-order chi connectivity index (χ0) is 19.4. The van der Waals surface area contributed by atoms with E-state index in [2.05, 4.69) is 11.8 Å². The molecule has 150 valence electrons. The molecule has 2 heterocycles. The maximum atomic E-state index is 12.9. The first-order chi connectivity index (χ1) is 13.0. The number of piperazine rings is 1. The summed E-state index contributed by atoms with van der Waals surface area (Å²) in [5.74, 6) is 0.155. The zero-order valence-corrected chi connectivity index (χ0v) is 17.2. The first-order valence-electron chi connectivity index (χ1n) is 10.1. The molecule has 0 radical (unpaired) electrons. The van der Waals surface area contributed by atoms with E-state index >= 15 is 0 Å². The molecule has 1 amide bonds. The molecule has 1 aromatic rings. The van der Waals surface area contributed by atoms with Crippen molar-refractivity contribution in [2.45, 2.75) is 38.0 Å². The van der Waals surface area contributed by atoms with Crippen LogP contribution >= 0.6 is 0 Å². The van der Waals surface area contributed by atoms with Crippen LogP contribution in [-0.2, 0) is 21.2 Å². The highest BCUT2D eigenvalue weighted by molar-refractivity contribution is 7.89. The van der Waals surface area contributed by atoms with Gasteiger partial charge < -0.3 is 9.80 Å². The van der Waals surface area contributed by atoms with E-state index in [-0.39, 0.29) is 11.8 Å². The van der Waals surface area contributed by atoms with Crippen LogP contribution in [0, 0.1) is 5.92 Å². The topological polar surface area (TPSA) is 60.9 Å². The Balaban J connectivity index is 1.57. The SMILES string of the molecule is CCc1ccc(S(=O)(=O)N2CCC(C(=O)N3CCN(CC)CC3)CC2)cc1. The van der Waals surface area contributed by atoms with Gasteiger partial charge in [0.25, 0.3) is 0 Å². The number of hydrogen-bond acceptors (Lipinski definition) is 4. The lowest BCUT2D eigenvalue weighted by Gasteiger charge is -2.38. The van der Waals surface area contributed by atoms with Crippen molar-refractivity contribution in [3.8, 4) is 0 Å². The number of rotatable bonds is 5. The van der Waals surface area contributed by atoms with Gasteiger partial charge in [0, 0.05) is 45.2 Å². The minimum atomic E-state index is -3.47. The van der Waals surface area contributed by atoms with Crippen molar-refractivity contribution in [2.24, 2.45) is 5.92 Å². The summed E-state index contributed by atoms with van der Waals surface area (Å²) in [7, 11) is -3.47. The molecule has 7 heteroatoms. The summed E-state index contributed by atoms with van der Waals surface area (Å²) in [5, 5.41) is 0. The first kappa shape index (κ1) is 20.3. The van der Waals surface area contributed by atoms with E-state index in [9.17, 15) is 13.2 Å². The van der Waals surface area contributed by atoms with Gasteiger partial charge in [-0.3, -0.25) is 4.79 Å². The molecule has 2 aliphatic rings. The van der Waals surface area contributed by atoms with Gasteiger partial charge in [0.2, 0.25) is 15.9 Å². The first-order valence-corrected chi connectivity index (χ1v) is 11.5. The van der Waals surface area contributed by atoms with Crippen LogP contribution < -0.4 is 0 Å². The molecule has 0 N–H and O–H groups in total. The fourth-order valence-corrected chi connectivity index (χ4v) is 5.40. The number of likely N-dealkylation sites (N-methyl/N-ethyl adjacent to an activating group) is 1. The third-order valence-electron chi connectivity index (χ3n) is 5.90. The summed E-state index contributed by atoms with van der Waals surface area (Å²) in [6, 6.07) is 7.13. The second-order valence-corrected chi connectivity index (χ2v) is 9.37. The molecular formula is C20H31N3O3S. The van der Waals surface area contributed by atoms with Crippen molar-refractivity contribution < 1.29 is 13.2 Å². The number of carbonyl (C=O) groups is 1. The minimum Gasteiger partial charge on any atom is -0.340 e. The van der Waals surface area contributed by atoms with Crippen molar-refractivity contribution in [1.82, 2.24) is 14.1 Å². The van der Waals surface area contributed by atoms with Gasteiger partial charge in [0.1, 0.15) is 0 Å². The molecule has 0 aromatic heterocycles. The van der Waals surface area contributed by atoms with Crippen LogP contribution in [0.1, 0.15) is 32.3 Å². The molecule has 27 heavy (non-hydrogen) atoms. The lowest BCUT2D eigenvalue weighted by Crippen LogP contribution is -2.51. The largest absolute Gasteiger partial charge is 0.340 e. The van der Waals surface area contributed by atoms with Crippen LogP contribution in [0.15, 0.2) is 29.2 Å². The summed E-state index contributed by atoms with van der Waals surface area (Å²) in [4.78, 5) is 17.4. The van der Waals surface area contributed by atoms with E-state index in [4.69, 9.17) is 0 Å². The van der Waals surface area contributed by atoms with Crippen LogP contribution in [-0.4, -0.2) is 74.2 Å². The molecule has 3 rings (SSSR count). The number of piperidine rings is 1. The van der Waals surface area contributed by atoms with Crippen LogP contribution in [0.4, 0.5) is 0 Å². The van der Waals surface area contributed by atoms with Crippen LogP contribution in [0.2, 0.25) is 0 Å². The van der Waals surface area contributed by atoms with Gasteiger partial charge in [-0.2, -0.15) is 4.31 Å². The Labute approximate surface area is 163 Å². The van der Waals surface area contributed by atoms with E-state index in [1.54, 1.807) is 12.1 Å². The summed E-state index contributed by atoms with van der Waals surface area (Å²) in [6.07, 6.45) is 2.11. The van der Waals surface area contributed by atoms with E-state index < -0.39 is 10.0 Å². The zero-order valence-electron chi connectivity index (χ0n) is 16.4. The molecule has 0 aliphatic carbocycles. The fourth-order valence-electron chi connectivity index (χ4n) is 3.93. The quantitative estimate of drug-likeness (QED) is 0.766. The highest BCUT2D eigenvalue weighted by atomic mass is 32.2. The smallest absolute Gasteiger partial charge is 0.243 e. The van der Waals surface area contributed by atoms with Crippen LogP contribution in [0.3, 0.4) is 0 Å². The number of amides is 1. The van der Waals surface area contributed by atoms with Crippen molar-refractivity contribution in [3.05, 3.63) is 29.8 Å². The average molecular weight is 394 g/mol. The third-order valence-corrected chi connectivity index (χ3v) is 7.82. The highest BCUT2D eigenvalue weighted by Gasteiger charge is 2.34. The molecule has 0 spiro atoms. The molecular weight excluding hydrogens is 362 g/mol. The van der Waals surface area contributed by atoms with E-state index in [1.165, 1.54) is 4.31 Å². The Morgan fingerprint density at radius 2 is 1.56 bits per heavy atom. The standard InChI is InChI=1S/C20H31N3O3S/c1-3-17-5-7-19(8-6-17)27(25,26)23-11-9-18(10-12-23)20(24)22-15-13-21(4-2)14-16-22/h5-8,18H,3-4,9-16H2,1-2H3. The Kier molecular flexibility index (Phi) is 6.55. The maximum absolute atomic E-state index is 12.9. The second kappa shape index (κ2) is 8.71. The van der Waals surface area contributed by atoms with Gasteiger partial charge in [-0.05, 0) is 43.5 Å². The number of sulfonamides is 1. The number of aryl methyl sites for hydroxylation is 1. The van der Waals surface area contributed by atoms with Crippen molar-refractivity contribution in [1.29, 1.82) is 0 Å². The number of carbonyl (C=O) groups excluding carboxylic acids is 1. The molecule has 0 unspecified atom stereocenters. The highest BCUT2D eigenvalue weighted by Crippen LogP contribution is 2.25. The normalized spacial score (nSPS) is 20.7. The number of hydrogen-bond donors (Lipinski definition) is 0. The molecule has 2 aliphatic heterocycles. The Morgan fingerprint density at radius 1 is 0.963 bits per heavy atom. The predicted molar refractivity (Wildman–Crippen MR) is 106 cm³/mol. The van der Waals surface area contributed by atoms with Gasteiger partial charge in [-0.15, -0.1) is 0 Å². The van der Waals surface area contributed by atoms with Gasteiger partial charge in [-0.1, -0.05) is 26.0 Å².